The number of hydrogen-bond donors (Lipinski definition) is 0. The number of alkyl halides is 1. The summed E-state index contributed by atoms with van der Waals surface area (Å²) in [5.74, 6) is -0.105. The highest BCUT2D eigenvalue weighted by Gasteiger charge is 2.11. The van der Waals surface area contributed by atoms with Crippen LogP contribution in [-0.2, 0) is 12.8 Å². The Bertz CT molecular complexity index is 510. The zero-order chi connectivity index (χ0) is 12.3. The van der Waals surface area contributed by atoms with Crippen LogP contribution in [0.1, 0.15) is 18.2 Å². The number of rotatable bonds is 4. The Morgan fingerprint density at radius 1 is 1.47 bits per heavy atom. The molecule has 0 radical (unpaired) electrons. The predicted molar refractivity (Wildman–Crippen MR) is 68.2 cm³/mol. The van der Waals surface area contributed by atoms with Gasteiger partial charge in [-0.2, -0.15) is 5.10 Å². The molecule has 0 saturated carbocycles. The second-order valence-electron chi connectivity index (χ2n) is 3.65. The van der Waals surface area contributed by atoms with Crippen LogP contribution in [0.4, 0.5) is 4.39 Å². The van der Waals surface area contributed by atoms with Crippen molar-refractivity contribution in [3.63, 3.8) is 0 Å². The molecule has 0 spiro atoms. The zero-order valence-electron chi connectivity index (χ0n) is 9.53. The maximum atomic E-state index is 13.6. The lowest BCUT2D eigenvalue weighted by molar-refractivity contribution is 0.599. The largest absolute Gasteiger partial charge is 0.235 e. The van der Waals surface area contributed by atoms with Crippen molar-refractivity contribution in [1.29, 1.82) is 0 Å². The normalized spacial score (nSPS) is 10.8. The molecule has 0 bridgehead atoms. The van der Waals surface area contributed by atoms with E-state index >= 15 is 0 Å². The Kier molecular flexibility index (Phi) is 3.89. The fourth-order valence-electron chi connectivity index (χ4n) is 1.70. The zero-order valence-corrected chi connectivity index (χ0v) is 11.1. The second-order valence-corrected chi connectivity index (χ2v) is 4.44. The van der Waals surface area contributed by atoms with Crippen LogP contribution in [0, 0.1) is 5.82 Å². The monoisotopic (exact) mass is 297 g/mol. The number of hydrogen-bond acceptors (Lipinski definition) is 2. The minimum atomic E-state index is -0.358. The van der Waals surface area contributed by atoms with Gasteiger partial charge in [-0.3, -0.25) is 0 Å². The molecule has 0 aliphatic carbocycles. The fraction of sp³-hybridized carbons (Fsp3) is 0.333. The van der Waals surface area contributed by atoms with E-state index in [0.717, 1.165) is 29.4 Å². The molecule has 0 unspecified atom stereocenters. The van der Waals surface area contributed by atoms with Gasteiger partial charge >= 0.3 is 0 Å². The van der Waals surface area contributed by atoms with Gasteiger partial charge in [0.25, 0.3) is 0 Å². The Morgan fingerprint density at radius 2 is 2.29 bits per heavy atom. The minimum Gasteiger partial charge on any atom is -0.235 e. The van der Waals surface area contributed by atoms with Crippen molar-refractivity contribution in [2.24, 2.45) is 0 Å². The summed E-state index contributed by atoms with van der Waals surface area (Å²) in [4.78, 5) is 4.01. The number of aromatic nitrogens is 3. The van der Waals surface area contributed by atoms with Gasteiger partial charge in [0.2, 0.25) is 0 Å². The van der Waals surface area contributed by atoms with Gasteiger partial charge in [0.15, 0.2) is 11.6 Å². The van der Waals surface area contributed by atoms with Crippen LogP contribution >= 0.6 is 15.9 Å². The molecule has 0 N–H and O–H groups in total. The van der Waals surface area contributed by atoms with E-state index in [2.05, 4.69) is 32.9 Å². The van der Waals surface area contributed by atoms with E-state index in [1.807, 2.05) is 6.20 Å². The molecule has 2 aromatic heterocycles. The lowest BCUT2D eigenvalue weighted by Crippen LogP contribution is -2.02. The Labute approximate surface area is 108 Å². The van der Waals surface area contributed by atoms with E-state index in [1.165, 1.54) is 10.7 Å². The smallest absolute Gasteiger partial charge is 0.189 e. The molecular weight excluding hydrogens is 285 g/mol. The average Bonchev–Trinajstić information content (AvgIpc) is 2.73. The summed E-state index contributed by atoms with van der Waals surface area (Å²) in [5.41, 5.74) is 2.13. The summed E-state index contributed by atoms with van der Waals surface area (Å²) in [6.07, 6.45) is 5.14. The van der Waals surface area contributed by atoms with Gasteiger partial charge in [-0.1, -0.05) is 22.9 Å². The molecule has 0 amide bonds. The van der Waals surface area contributed by atoms with Crippen molar-refractivity contribution in [2.45, 2.75) is 19.8 Å². The highest BCUT2D eigenvalue weighted by atomic mass is 79.9. The standard InChI is InChI=1S/C12H13BrFN3/c1-2-9-8-17(16-11(9)5-6-13)12-10(14)4-3-7-15-12/h3-4,7-8H,2,5-6H2,1H3. The number of nitrogens with zero attached hydrogens (tertiary/aromatic N) is 3. The molecule has 0 atom stereocenters. The number of pyridine rings is 1. The highest BCUT2D eigenvalue weighted by molar-refractivity contribution is 9.09. The van der Waals surface area contributed by atoms with Crippen molar-refractivity contribution in [2.75, 3.05) is 5.33 Å². The Hall–Kier alpha value is -1.23. The van der Waals surface area contributed by atoms with Crippen LogP contribution in [0.25, 0.3) is 5.82 Å². The van der Waals surface area contributed by atoms with Crippen molar-refractivity contribution >= 4 is 15.9 Å². The summed E-state index contributed by atoms with van der Waals surface area (Å²) in [6.45, 7) is 2.06. The summed E-state index contributed by atoms with van der Waals surface area (Å²) in [6, 6.07) is 2.96. The Balaban J connectivity index is 2.43. The third kappa shape index (κ3) is 2.54. The van der Waals surface area contributed by atoms with Crippen molar-refractivity contribution in [3.8, 4) is 5.82 Å². The molecule has 5 heteroatoms. The molecule has 17 heavy (non-hydrogen) atoms. The maximum Gasteiger partial charge on any atom is 0.189 e. The molecule has 0 aliphatic heterocycles. The lowest BCUT2D eigenvalue weighted by Gasteiger charge is -2.00. The summed E-state index contributed by atoms with van der Waals surface area (Å²) < 4.78 is 15.1. The summed E-state index contributed by atoms with van der Waals surface area (Å²) in [5, 5.41) is 5.23. The molecule has 2 aromatic rings. The van der Waals surface area contributed by atoms with Crippen LogP contribution in [0.2, 0.25) is 0 Å². The third-order valence-electron chi connectivity index (χ3n) is 2.55. The molecular formula is C12H13BrFN3. The molecule has 2 heterocycles. The quantitative estimate of drug-likeness (QED) is 0.813. The molecule has 0 saturated heterocycles. The molecule has 3 nitrogen and oxygen atoms in total. The van der Waals surface area contributed by atoms with E-state index in [1.54, 1.807) is 12.3 Å². The number of halogens is 2. The topological polar surface area (TPSA) is 30.7 Å². The first-order valence-corrected chi connectivity index (χ1v) is 6.62. The third-order valence-corrected chi connectivity index (χ3v) is 2.94. The first kappa shape index (κ1) is 12.2. The molecule has 0 fully saturated rings. The van der Waals surface area contributed by atoms with Gasteiger partial charge in [-0.15, -0.1) is 0 Å². The van der Waals surface area contributed by atoms with Gasteiger partial charge in [-0.05, 0) is 24.1 Å². The van der Waals surface area contributed by atoms with Gasteiger partial charge in [0.1, 0.15) is 0 Å². The fourth-order valence-corrected chi connectivity index (χ4v) is 2.07. The first-order valence-electron chi connectivity index (χ1n) is 5.50. The van der Waals surface area contributed by atoms with Crippen molar-refractivity contribution in [3.05, 3.63) is 41.6 Å². The van der Waals surface area contributed by atoms with E-state index in [-0.39, 0.29) is 11.6 Å². The van der Waals surface area contributed by atoms with E-state index in [4.69, 9.17) is 0 Å². The van der Waals surface area contributed by atoms with Gasteiger partial charge < -0.3 is 0 Å². The maximum absolute atomic E-state index is 13.6. The van der Waals surface area contributed by atoms with Crippen LogP contribution < -0.4 is 0 Å². The lowest BCUT2D eigenvalue weighted by atomic mass is 10.2. The average molecular weight is 298 g/mol. The van der Waals surface area contributed by atoms with Crippen LogP contribution in [0.3, 0.4) is 0 Å². The predicted octanol–water partition coefficient (Wildman–Crippen LogP) is 2.91. The minimum absolute atomic E-state index is 0.253. The number of aryl methyl sites for hydroxylation is 2. The summed E-state index contributed by atoms with van der Waals surface area (Å²) >= 11 is 3.39. The van der Waals surface area contributed by atoms with Crippen molar-refractivity contribution < 1.29 is 4.39 Å². The van der Waals surface area contributed by atoms with Crippen LogP contribution in [0.5, 0.6) is 0 Å². The SMILES string of the molecule is CCc1cn(-c2ncccc2F)nc1CCBr. The molecule has 0 aliphatic rings. The van der Waals surface area contributed by atoms with Crippen LogP contribution in [0.15, 0.2) is 24.5 Å². The van der Waals surface area contributed by atoms with E-state index < -0.39 is 0 Å². The Morgan fingerprint density at radius 3 is 2.94 bits per heavy atom. The van der Waals surface area contributed by atoms with Gasteiger partial charge in [-0.25, -0.2) is 14.1 Å². The van der Waals surface area contributed by atoms with Crippen molar-refractivity contribution in [1.82, 2.24) is 14.8 Å². The second kappa shape index (κ2) is 5.40. The molecule has 90 valence electrons. The summed E-state index contributed by atoms with van der Waals surface area (Å²) in [7, 11) is 0. The molecule has 0 aromatic carbocycles. The molecule has 2 rings (SSSR count). The highest BCUT2D eigenvalue weighted by Crippen LogP contribution is 2.15. The van der Waals surface area contributed by atoms with Gasteiger partial charge in [0, 0.05) is 24.1 Å². The van der Waals surface area contributed by atoms with E-state index in [0.29, 0.717) is 0 Å². The van der Waals surface area contributed by atoms with E-state index in [9.17, 15) is 4.39 Å². The van der Waals surface area contributed by atoms with Gasteiger partial charge in [0.05, 0.1) is 5.69 Å². The first-order chi connectivity index (χ1) is 8.26. The van der Waals surface area contributed by atoms with Crippen LogP contribution in [-0.4, -0.2) is 20.1 Å².